The van der Waals surface area contributed by atoms with Gasteiger partial charge in [0.1, 0.15) is 0 Å². The fourth-order valence-corrected chi connectivity index (χ4v) is 3.44. The van der Waals surface area contributed by atoms with E-state index in [1.54, 1.807) is 17.8 Å². The summed E-state index contributed by atoms with van der Waals surface area (Å²) in [6, 6.07) is 11.3. The van der Waals surface area contributed by atoms with Gasteiger partial charge in [0.15, 0.2) is 0 Å². The predicted molar refractivity (Wildman–Crippen MR) is 108 cm³/mol. The van der Waals surface area contributed by atoms with Crippen LogP contribution in [0.4, 0.5) is 5.69 Å². The van der Waals surface area contributed by atoms with Crippen LogP contribution in [0.1, 0.15) is 15.9 Å². The van der Waals surface area contributed by atoms with Crippen LogP contribution in [0.15, 0.2) is 53.6 Å². The van der Waals surface area contributed by atoms with Crippen molar-refractivity contribution in [1.29, 1.82) is 0 Å². The Hall–Kier alpha value is -3.19. The first-order valence-electron chi connectivity index (χ1n) is 9.27. The Balaban J connectivity index is 1.51. The largest absolute Gasteiger partial charge is 0.378 e. The van der Waals surface area contributed by atoms with E-state index < -0.39 is 0 Å². The number of ether oxygens (including phenoxy) is 1. The van der Waals surface area contributed by atoms with E-state index >= 15 is 0 Å². The summed E-state index contributed by atoms with van der Waals surface area (Å²) in [5, 5.41) is 3.81. The number of aryl methyl sites for hydroxylation is 1. The van der Waals surface area contributed by atoms with Gasteiger partial charge in [-0.15, -0.1) is 0 Å². The smallest absolute Gasteiger partial charge is 0.255 e. The number of carbonyl (C=O) groups excluding carboxylic acids is 1. The molecule has 0 atom stereocenters. The molecule has 0 unspecified atom stereocenters. The average molecular weight is 378 g/mol. The zero-order valence-corrected chi connectivity index (χ0v) is 15.7. The van der Waals surface area contributed by atoms with Gasteiger partial charge >= 0.3 is 0 Å². The molecule has 1 N–H and O–H groups in total. The quantitative estimate of drug-likeness (QED) is 0.748. The molecule has 1 aliphatic heterocycles. The highest BCUT2D eigenvalue weighted by atomic mass is 16.5. The molecule has 7 nitrogen and oxygen atoms in total. The summed E-state index contributed by atoms with van der Waals surface area (Å²) < 4.78 is 6.97. The number of hydrogen-bond acceptors (Lipinski definition) is 5. The normalized spacial score (nSPS) is 14.2. The molecule has 1 aliphatic rings. The molecule has 0 saturated carbocycles. The monoisotopic (exact) mass is 378 g/mol. The third kappa shape index (κ3) is 3.61. The molecule has 1 amide bonds. The van der Waals surface area contributed by atoms with Crippen molar-refractivity contribution in [3.63, 3.8) is 0 Å². The molecule has 4 rings (SSSR count). The summed E-state index contributed by atoms with van der Waals surface area (Å²) in [6.07, 6.45) is 3.29. The number of rotatable bonds is 4. The number of anilines is 1. The van der Waals surface area contributed by atoms with E-state index in [-0.39, 0.29) is 18.0 Å². The number of pyridine rings is 2. The highest BCUT2D eigenvalue weighted by Gasteiger charge is 2.15. The van der Waals surface area contributed by atoms with E-state index in [0.29, 0.717) is 24.3 Å². The molecule has 2 aromatic heterocycles. The predicted octanol–water partition coefficient (Wildman–Crippen LogP) is 1.70. The third-order valence-corrected chi connectivity index (χ3v) is 5.01. The molecule has 1 aromatic carbocycles. The number of benzene rings is 1. The van der Waals surface area contributed by atoms with Gasteiger partial charge in [-0.2, -0.15) is 0 Å². The lowest BCUT2D eigenvalue weighted by molar-refractivity contribution is 0.0950. The fourth-order valence-electron chi connectivity index (χ4n) is 3.44. The van der Waals surface area contributed by atoms with Crippen molar-refractivity contribution in [3.8, 4) is 0 Å². The van der Waals surface area contributed by atoms with Gasteiger partial charge in [0, 0.05) is 38.4 Å². The number of para-hydroxylation sites is 1. The van der Waals surface area contributed by atoms with Gasteiger partial charge in [-0.25, -0.2) is 0 Å². The highest BCUT2D eigenvalue weighted by Crippen LogP contribution is 2.16. The minimum atomic E-state index is -0.252. The fraction of sp³-hybridized carbons (Fsp3) is 0.286. The van der Waals surface area contributed by atoms with E-state index in [1.807, 2.05) is 36.4 Å². The summed E-state index contributed by atoms with van der Waals surface area (Å²) in [4.78, 5) is 31.5. The molecule has 7 heteroatoms. The van der Waals surface area contributed by atoms with E-state index in [9.17, 15) is 9.59 Å². The van der Waals surface area contributed by atoms with Crippen LogP contribution in [0.25, 0.3) is 10.9 Å². The number of morpholine rings is 1. The average Bonchev–Trinajstić information content (AvgIpc) is 2.76. The van der Waals surface area contributed by atoms with Crippen LogP contribution >= 0.6 is 0 Å². The van der Waals surface area contributed by atoms with E-state index in [0.717, 1.165) is 29.7 Å². The van der Waals surface area contributed by atoms with Gasteiger partial charge in [-0.3, -0.25) is 14.6 Å². The van der Waals surface area contributed by atoms with Crippen LogP contribution in [0, 0.1) is 0 Å². The second kappa shape index (κ2) is 7.82. The van der Waals surface area contributed by atoms with Crippen molar-refractivity contribution < 1.29 is 9.53 Å². The van der Waals surface area contributed by atoms with E-state index in [1.165, 1.54) is 6.20 Å². The number of carbonyl (C=O) groups is 1. The van der Waals surface area contributed by atoms with Crippen LogP contribution in [0.5, 0.6) is 0 Å². The first-order valence-corrected chi connectivity index (χ1v) is 9.27. The first kappa shape index (κ1) is 18.2. The molecular weight excluding hydrogens is 356 g/mol. The number of amides is 1. The second-order valence-electron chi connectivity index (χ2n) is 6.81. The van der Waals surface area contributed by atoms with Gasteiger partial charge in [0.05, 0.1) is 36.2 Å². The number of nitrogens with one attached hydrogen (secondary N) is 1. The lowest BCUT2D eigenvalue weighted by atomic mass is 10.1. The molecule has 144 valence electrons. The van der Waals surface area contributed by atoms with Crippen LogP contribution in [0.2, 0.25) is 0 Å². The number of nitrogens with zero attached hydrogens (tertiary/aromatic N) is 3. The van der Waals surface area contributed by atoms with Crippen LogP contribution in [-0.4, -0.2) is 41.8 Å². The molecule has 28 heavy (non-hydrogen) atoms. The topological polar surface area (TPSA) is 76.5 Å². The maximum Gasteiger partial charge on any atom is 0.255 e. The lowest BCUT2D eigenvalue weighted by Crippen LogP contribution is -2.36. The Bertz CT molecular complexity index is 1070. The lowest BCUT2D eigenvalue weighted by Gasteiger charge is -2.28. The summed E-state index contributed by atoms with van der Waals surface area (Å²) in [5.41, 5.74) is 2.68. The van der Waals surface area contributed by atoms with Crippen LogP contribution in [0.3, 0.4) is 0 Å². The second-order valence-corrected chi connectivity index (χ2v) is 6.81. The molecular formula is C21H22N4O3. The Labute approximate surface area is 162 Å². The first-order chi connectivity index (χ1) is 13.6. The summed E-state index contributed by atoms with van der Waals surface area (Å²) in [6.45, 7) is 3.06. The van der Waals surface area contributed by atoms with Gasteiger partial charge in [0.2, 0.25) is 0 Å². The standard InChI is InChI=1S/C21H22N4O3/c1-24-19-5-3-2-4-15(19)10-17(21(24)27)13-23-20(26)16-11-18(14-22-12-16)25-6-8-28-9-7-25/h2-5,10-12,14H,6-9,13H2,1H3,(H,23,26). The third-order valence-electron chi connectivity index (χ3n) is 5.01. The molecule has 0 spiro atoms. The molecule has 0 aliphatic carbocycles. The van der Waals surface area contributed by atoms with Crippen molar-refractivity contribution in [1.82, 2.24) is 14.9 Å². The zero-order valence-electron chi connectivity index (χ0n) is 15.7. The Kier molecular flexibility index (Phi) is 5.08. The summed E-state index contributed by atoms with van der Waals surface area (Å²) in [7, 11) is 1.74. The van der Waals surface area contributed by atoms with Crippen molar-refractivity contribution in [2.45, 2.75) is 6.54 Å². The number of fused-ring (bicyclic) bond motifs is 1. The Morgan fingerprint density at radius 3 is 2.79 bits per heavy atom. The Morgan fingerprint density at radius 2 is 1.96 bits per heavy atom. The van der Waals surface area contributed by atoms with Gasteiger partial charge in [0.25, 0.3) is 11.5 Å². The van der Waals surface area contributed by atoms with E-state index in [2.05, 4.69) is 15.2 Å². The SMILES string of the molecule is Cn1c(=O)c(CNC(=O)c2cncc(N3CCOCC3)c2)cc2ccccc21. The molecule has 0 bridgehead atoms. The number of aromatic nitrogens is 2. The molecule has 3 heterocycles. The molecule has 0 radical (unpaired) electrons. The van der Waals surface area contributed by atoms with Crippen molar-refractivity contribution in [3.05, 3.63) is 70.3 Å². The van der Waals surface area contributed by atoms with Crippen LogP contribution < -0.4 is 15.8 Å². The van der Waals surface area contributed by atoms with Gasteiger partial charge in [-0.1, -0.05) is 18.2 Å². The van der Waals surface area contributed by atoms with Crippen molar-refractivity contribution in [2.75, 3.05) is 31.2 Å². The Morgan fingerprint density at radius 1 is 1.18 bits per heavy atom. The maximum absolute atomic E-state index is 12.6. The molecule has 3 aromatic rings. The van der Waals surface area contributed by atoms with Crippen molar-refractivity contribution >= 4 is 22.5 Å². The number of hydrogen-bond donors (Lipinski definition) is 1. The highest BCUT2D eigenvalue weighted by molar-refractivity contribution is 5.94. The van der Waals surface area contributed by atoms with Gasteiger partial charge < -0.3 is 19.5 Å². The minimum Gasteiger partial charge on any atom is -0.378 e. The molecule has 1 fully saturated rings. The zero-order chi connectivity index (χ0) is 19.5. The maximum atomic E-state index is 12.6. The van der Waals surface area contributed by atoms with Crippen molar-refractivity contribution in [2.24, 2.45) is 7.05 Å². The van der Waals surface area contributed by atoms with E-state index in [4.69, 9.17) is 4.74 Å². The minimum absolute atomic E-state index is 0.112. The van der Waals surface area contributed by atoms with Crippen LogP contribution in [-0.2, 0) is 18.3 Å². The summed E-state index contributed by atoms with van der Waals surface area (Å²) >= 11 is 0. The van der Waals surface area contributed by atoms with Gasteiger partial charge in [-0.05, 0) is 23.6 Å². The molecule has 1 saturated heterocycles. The summed E-state index contributed by atoms with van der Waals surface area (Å²) in [5.74, 6) is -0.252.